The smallest absolute Gasteiger partial charge is 0.0541 e. The van der Waals surface area contributed by atoms with Gasteiger partial charge in [0, 0.05) is 10.9 Å². The first-order valence-corrected chi connectivity index (χ1v) is 9.74. The van der Waals surface area contributed by atoms with Crippen molar-refractivity contribution in [2.45, 2.75) is 62.7 Å². The summed E-state index contributed by atoms with van der Waals surface area (Å²) >= 11 is 0. The molecule has 1 heterocycles. The summed E-state index contributed by atoms with van der Waals surface area (Å²) in [5.74, 6) is 3.91. The molecular weight excluding hydrogens is 248 g/mol. The summed E-state index contributed by atoms with van der Waals surface area (Å²) in [7, 11) is 0.593. The highest BCUT2D eigenvalue weighted by atomic mass is 32.2. The average molecular weight is 275 g/mol. The van der Waals surface area contributed by atoms with Crippen molar-refractivity contribution in [3.05, 3.63) is 29.8 Å². The lowest BCUT2D eigenvalue weighted by molar-refractivity contribution is 0.339. The summed E-state index contributed by atoms with van der Waals surface area (Å²) in [6.07, 6.45) is 13.0. The topological polar surface area (TPSA) is 0 Å². The molecule has 0 amide bonds. The SMILES string of the molecule is c1cc([S+]2CCCC2)ccc1CCC1CCCCC1. The van der Waals surface area contributed by atoms with Crippen molar-refractivity contribution in [1.82, 2.24) is 0 Å². The van der Waals surface area contributed by atoms with E-state index >= 15 is 0 Å². The second-order valence-corrected chi connectivity index (χ2v) is 8.57. The van der Waals surface area contributed by atoms with E-state index in [2.05, 4.69) is 24.3 Å². The Kier molecular flexibility index (Phi) is 4.87. The molecule has 1 heteroatoms. The number of aryl methyl sites for hydroxylation is 1. The largest absolute Gasteiger partial charge is 0.154 e. The molecule has 0 aromatic heterocycles. The second-order valence-electron chi connectivity index (χ2n) is 6.29. The molecule has 1 saturated carbocycles. The Balaban J connectivity index is 1.50. The van der Waals surface area contributed by atoms with Crippen LogP contribution in [0, 0.1) is 5.92 Å². The van der Waals surface area contributed by atoms with Crippen molar-refractivity contribution in [3.63, 3.8) is 0 Å². The van der Waals surface area contributed by atoms with Crippen LogP contribution in [0.25, 0.3) is 0 Å². The van der Waals surface area contributed by atoms with Gasteiger partial charge in [0.1, 0.15) is 11.5 Å². The number of benzene rings is 1. The number of rotatable bonds is 4. The molecule has 2 aliphatic rings. The van der Waals surface area contributed by atoms with Crippen LogP contribution in [0.5, 0.6) is 0 Å². The molecule has 0 spiro atoms. The van der Waals surface area contributed by atoms with E-state index in [1.54, 1.807) is 10.5 Å². The van der Waals surface area contributed by atoms with Gasteiger partial charge in [0.15, 0.2) is 4.90 Å². The third-order valence-corrected chi connectivity index (χ3v) is 7.36. The quantitative estimate of drug-likeness (QED) is 0.681. The Hall–Kier alpha value is -0.430. The molecule has 0 atom stereocenters. The highest BCUT2D eigenvalue weighted by Gasteiger charge is 2.26. The highest BCUT2D eigenvalue weighted by Crippen LogP contribution is 2.28. The molecule has 1 aromatic rings. The first-order valence-electron chi connectivity index (χ1n) is 8.18. The first-order chi connectivity index (χ1) is 9.42. The molecule has 19 heavy (non-hydrogen) atoms. The van der Waals surface area contributed by atoms with Crippen LogP contribution in [0.4, 0.5) is 0 Å². The van der Waals surface area contributed by atoms with Crippen molar-refractivity contribution in [2.24, 2.45) is 5.92 Å². The molecule has 0 N–H and O–H groups in total. The standard InChI is InChI=1S/C18H27S/c1-2-6-16(7-3-1)8-9-17-10-12-18(13-11-17)19-14-4-5-15-19/h10-13,16H,1-9,14-15H2/q+1. The summed E-state index contributed by atoms with van der Waals surface area (Å²) in [4.78, 5) is 1.62. The van der Waals surface area contributed by atoms with Gasteiger partial charge in [-0.1, -0.05) is 44.2 Å². The maximum absolute atomic E-state index is 2.42. The number of hydrogen-bond acceptors (Lipinski definition) is 0. The van der Waals surface area contributed by atoms with Gasteiger partial charge in [-0.3, -0.25) is 0 Å². The maximum atomic E-state index is 2.42. The van der Waals surface area contributed by atoms with Gasteiger partial charge < -0.3 is 0 Å². The predicted octanol–water partition coefficient (Wildman–Crippen LogP) is 4.97. The minimum Gasteiger partial charge on any atom is -0.0541 e. The normalized spacial score (nSPS) is 21.9. The lowest BCUT2D eigenvalue weighted by Crippen LogP contribution is -2.07. The van der Waals surface area contributed by atoms with Crippen LogP contribution in [0.3, 0.4) is 0 Å². The fourth-order valence-electron chi connectivity index (χ4n) is 3.59. The molecule has 1 saturated heterocycles. The van der Waals surface area contributed by atoms with Crippen LogP contribution >= 0.6 is 0 Å². The van der Waals surface area contributed by atoms with E-state index in [1.165, 1.54) is 69.3 Å². The summed E-state index contributed by atoms with van der Waals surface area (Å²) in [5, 5.41) is 0. The molecule has 1 aliphatic carbocycles. The first kappa shape index (κ1) is 13.5. The Morgan fingerprint density at radius 2 is 1.53 bits per heavy atom. The molecule has 0 radical (unpaired) electrons. The molecule has 1 aliphatic heterocycles. The molecule has 0 nitrogen and oxygen atoms in total. The van der Waals surface area contributed by atoms with Crippen molar-refractivity contribution in [2.75, 3.05) is 11.5 Å². The van der Waals surface area contributed by atoms with Crippen molar-refractivity contribution >= 4 is 10.9 Å². The minimum absolute atomic E-state index is 0.593. The molecule has 104 valence electrons. The van der Waals surface area contributed by atoms with E-state index in [9.17, 15) is 0 Å². The summed E-state index contributed by atoms with van der Waals surface area (Å²) in [5.41, 5.74) is 1.57. The molecule has 0 bridgehead atoms. The van der Waals surface area contributed by atoms with E-state index < -0.39 is 0 Å². The Morgan fingerprint density at radius 1 is 0.842 bits per heavy atom. The average Bonchev–Trinajstić information content (AvgIpc) is 3.01. The molecule has 3 rings (SSSR count). The summed E-state index contributed by atoms with van der Waals surface area (Å²) < 4.78 is 0. The monoisotopic (exact) mass is 275 g/mol. The third-order valence-electron chi connectivity index (χ3n) is 4.85. The van der Waals surface area contributed by atoms with Crippen molar-refractivity contribution in [3.8, 4) is 0 Å². The zero-order valence-electron chi connectivity index (χ0n) is 12.1. The second kappa shape index (κ2) is 6.83. The van der Waals surface area contributed by atoms with Gasteiger partial charge in [0.2, 0.25) is 0 Å². The van der Waals surface area contributed by atoms with Gasteiger partial charge in [-0.15, -0.1) is 0 Å². The van der Waals surface area contributed by atoms with Gasteiger partial charge in [0.05, 0.1) is 0 Å². The summed E-state index contributed by atoms with van der Waals surface area (Å²) in [6, 6.07) is 9.65. The predicted molar refractivity (Wildman–Crippen MR) is 85.9 cm³/mol. The van der Waals surface area contributed by atoms with E-state index in [0.717, 1.165) is 5.92 Å². The fourth-order valence-corrected chi connectivity index (χ4v) is 5.89. The van der Waals surface area contributed by atoms with Crippen LogP contribution in [-0.4, -0.2) is 11.5 Å². The third kappa shape index (κ3) is 3.78. The van der Waals surface area contributed by atoms with Crippen LogP contribution in [0.15, 0.2) is 29.2 Å². The van der Waals surface area contributed by atoms with Crippen LogP contribution in [0.2, 0.25) is 0 Å². The van der Waals surface area contributed by atoms with Gasteiger partial charge >= 0.3 is 0 Å². The molecule has 0 unspecified atom stereocenters. The van der Waals surface area contributed by atoms with Gasteiger partial charge in [-0.05, 0) is 49.3 Å². The maximum Gasteiger partial charge on any atom is 0.154 e. The Labute approximate surface area is 121 Å². The molecule has 2 fully saturated rings. The van der Waals surface area contributed by atoms with E-state index in [4.69, 9.17) is 0 Å². The number of hydrogen-bond donors (Lipinski definition) is 0. The zero-order valence-corrected chi connectivity index (χ0v) is 12.9. The van der Waals surface area contributed by atoms with Gasteiger partial charge in [-0.25, -0.2) is 0 Å². The minimum atomic E-state index is 0.593. The fraction of sp³-hybridized carbons (Fsp3) is 0.667. The molecular formula is C18H27S+. The Bertz CT molecular complexity index is 369. The van der Waals surface area contributed by atoms with Crippen LogP contribution < -0.4 is 0 Å². The zero-order chi connectivity index (χ0) is 12.9. The van der Waals surface area contributed by atoms with Crippen molar-refractivity contribution < 1.29 is 0 Å². The molecule has 1 aromatic carbocycles. The lowest BCUT2D eigenvalue weighted by Gasteiger charge is -2.21. The Morgan fingerprint density at radius 3 is 2.21 bits per heavy atom. The van der Waals surface area contributed by atoms with Gasteiger partial charge in [0.25, 0.3) is 0 Å². The lowest BCUT2D eigenvalue weighted by atomic mass is 9.85. The summed E-state index contributed by atoms with van der Waals surface area (Å²) in [6.45, 7) is 0. The van der Waals surface area contributed by atoms with Gasteiger partial charge in [-0.2, -0.15) is 0 Å². The van der Waals surface area contributed by atoms with Crippen LogP contribution in [0.1, 0.15) is 56.9 Å². The van der Waals surface area contributed by atoms with E-state index in [-0.39, 0.29) is 0 Å². The van der Waals surface area contributed by atoms with E-state index in [0.29, 0.717) is 10.9 Å². The highest BCUT2D eigenvalue weighted by molar-refractivity contribution is 7.97. The van der Waals surface area contributed by atoms with Crippen LogP contribution in [-0.2, 0) is 17.3 Å². The van der Waals surface area contributed by atoms with Crippen molar-refractivity contribution in [1.29, 1.82) is 0 Å². The van der Waals surface area contributed by atoms with E-state index in [1.807, 2.05) is 0 Å².